The zero-order valence-corrected chi connectivity index (χ0v) is 14.2. The van der Waals surface area contributed by atoms with E-state index in [4.69, 9.17) is 10.5 Å². The Balaban J connectivity index is 2.52. The van der Waals surface area contributed by atoms with Crippen molar-refractivity contribution in [2.45, 2.75) is 65.5 Å². The zero-order valence-electron chi connectivity index (χ0n) is 14.2. The number of unbranched alkanes of at least 4 members (excludes halogenated alkanes) is 2. The monoisotopic (exact) mass is 306 g/mol. The van der Waals surface area contributed by atoms with Crippen molar-refractivity contribution in [1.82, 2.24) is 5.32 Å². The van der Waals surface area contributed by atoms with Gasteiger partial charge in [-0.2, -0.15) is 0 Å². The maximum absolute atomic E-state index is 11.8. The van der Waals surface area contributed by atoms with Crippen molar-refractivity contribution in [3.05, 3.63) is 29.3 Å². The van der Waals surface area contributed by atoms with Gasteiger partial charge in [-0.25, -0.2) is 0 Å². The smallest absolute Gasteiger partial charge is 0.220 e. The van der Waals surface area contributed by atoms with Gasteiger partial charge in [0.25, 0.3) is 0 Å². The van der Waals surface area contributed by atoms with Crippen LogP contribution in [0.5, 0.6) is 5.75 Å². The minimum atomic E-state index is 0.0369. The minimum absolute atomic E-state index is 0.0369. The van der Waals surface area contributed by atoms with Gasteiger partial charge in [0, 0.05) is 24.6 Å². The van der Waals surface area contributed by atoms with E-state index in [-0.39, 0.29) is 11.9 Å². The van der Waals surface area contributed by atoms with E-state index in [1.54, 1.807) is 0 Å². The van der Waals surface area contributed by atoms with Crippen LogP contribution in [0.25, 0.3) is 0 Å². The number of hydrogen-bond donors (Lipinski definition) is 2. The highest BCUT2D eigenvalue weighted by Crippen LogP contribution is 2.20. The first-order valence-corrected chi connectivity index (χ1v) is 8.27. The number of nitrogens with two attached hydrogens (primary N) is 1. The average molecular weight is 306 g/mol. The van der Waals surface area contributed by atoms with E-state index in [2.05, 4.69) is 12.2 Å². The first-order valence-electron chi connectivity index (χ1n) is 8.27. The van der Waals surface area contributed by atoms with Gasteiger partial charge in [0.15, 0.2) is 0 Å². The Morgan fingerprint density at radius 3 is 2.82 bits per heavy atom. The lowest BCUT2D eigenvalue weighted by molar-refractivity contribution is -0.121. The van der Waals surface area contributed by atoms with Crippen LogP contribution in [-0.4, -0.2) is 18.6 Å². The van der Waals surface area contributed by atoms with Crippen molar-refractivity contribution in [3.63, 3.8) is 0 Å². The van der Waals surface area contributed by atoms with Crippen molar-refractivity contribution in [2.75, 3.05) is 6.61 Å². The third-order valence-electron chi connectivity index (χ3n) is 3.53. The largest absolute Gasteiger partial charge is 0.493 e. The number of aryl methyl sites for hydroxylation is 1. The molecule has 0 aliphatic rings. The van der Waals surface area contributed by atoms with Gasteiger partial charge < -0.3 is 15.8 Å². The summed E-state index contributed by atoms with van der Waals surface area (Å²) in [4.78, 5) is 11.8. The van der Waals surface area contributed by atoms with Crippen LogP contribution in [0.4, 0.5) is 0 Å². The summed E-state index contributed by atoms with van der Waals surface area (Å²) in [7, 11) is 0. The average Bonchev–Trinajstić information content (AvgIpc) is 2.48. The van der Waals surface area contributed by atoms with E-state index in [1.165, 1.54) is 12.8 Å². The third-order valence-corrected chi connectivity index (χ3v) is 3.53. The molecule has 1 aromatic rings. The van der Waals surface area contributed by atoms with Crippen LogP contribution in [0.1, 0.15) is 57.1 Å². The van der Waals surface area contributed by atoms with Gasteiger partial charge in [0.2, 0.25) is 5.91 Å². The van der Waals surface area contributed by atoms with Crippen LogP contribution in [0.15, 0.2) is 18.2 Å². The fourth-order valence-electron chi connectivity index (χ4n) is 2.12. The van der Waals surface area contributed by atoms with Crippen molar-refractivity contribution in [1.29, 1.82) is 0 Å². The number of amides is 1. The zero-order chi connectivity index (χ0) is 16.4. The van der Waals surface area contributed by atoms with Crippen molar-refractivity contribution in [3.8, 4) is 5.75 Å². The molecule has 1 unspecified atom stereocenters. The van der Waals surface area contributed by atoms with Crippen LogP contribution >= 0.6 is 0 Å². The SMILES string of the molecule is CCCCCOc1cc(C)ccc1CNC(=O)CCC(C)N. The lowest BCUT2D eigenvalue weighted by atomic mass is 10.1. The number of carbonyl (C=O) groups is 1. The highest BCUT2D eigenvalue weighted by atomic mass is 16.5. The molecule has 0 aromatic heterocycles. The summed E-state index contributed by atoms with van der Waals surface area (Å²) in [5, 5.41) is 2.94. The molecule has 4 heteroatoms. The fourth-order valence-corrected chi connectivity index (χ4v) is 2.12. The summed E-state index contributed by atoms with van der Waals surface area (Å²) in [5.41, 5.74) is 7.86. The second-order valence-corrected chi connectivity index (χ2v) is 5.96. The van der Waals surface area contributed by atoms with Crippen LogP contribution < -0.4 is 15.8 Å². The van der Waals surface area contributed by atoms with Crippen molar-refractivity contribution < 1.29 is 9.53 Å². The van der Waals surface area contributed by atoms with E-state index >= 15 is 0 Å². The highest BCUT2D eigenvalue weighted by molar-refractivity contribution is 5.75. The predicted octanol–water partition coefficient (Wildman–Crippen LogP) is 3.31. The Kier molecular flexibility index (Phi) is 8.60. The molecule has 4 nitrogen and oxygen atoms in total. The van der Waals surface area contributed by atoms with Gasteiger partial charge in [-0.05, 0) is 38.3 Å². The highest BCUT2D eigenvalue weighted by Gasteiger charge is 2.07. The Morgan fingerprint density at radius 1 is 1.36 bits per heavy atom. The molecule has 0 saturated carbocycles. The molecule has 124 valence electrons. The quantitative estimate of drug-likeness (QED) is 0.652. The first-order chi connectivity index (χ1) is 10.5. The van der Waals surface area contributed by atoms with E-state index in [9.17, 15) is 4.79 Å². The summed E-state index contributed by atoms with van der Waals surface area (Å²) < 4.78 is 5.88. The number of rotatable bonds is 10. The van der Waals surface area contributed by atoms with Gasteiger partial charge in [-0.15, -0.1) is 0 Å². The Labute approximate surface area is 134 Å². The van der Waals surface area contributed by atoms with Crippen molar-refractivity contribution in [2.24, 2.45) is 5.73 Å². The lowest BCUT2D eigenvalue weighted by Crippen LogP contribution is -2.25. The number of benzene rings is 1. The van der Waals surface area contributed by atoms with Crippen LogP contribution in [0, 0.1) is 6.92 Å². The second-order valence-electron chi connectivity index (χ2n) is 5.96. The Hall–Kier alpha value is -1.55. The molecule has 0 radical (unpaired) electrons. The minimum Gasteiger partial charge on any atom is -0.493 e. The molecular weight excluding hydrogens is 276 g/mol. The summed E-state index contributed by atoms with van der Waals surface area (Å²) in [6.07, 6.45) is 4.59. The molecule has 0 aliphatic heterocycles. The van der Waals surface area contributed by atoms with E-state index in [1.807, 2.05) is 32.0 Å². The number of nitrogens with one attached hydrogen (secondary N) is 1. The Bertz CT molecular complexity index is 458. The number of carbonyl (C=O) groups excluding carboxylic acids is 1. The fraction of sp³-hybridized carbons (Fsp3) is 0.611. The molecule has 0 fully saturated rings. The molecule has 1 amide bonds. The summed E-state index contributed by atoms with van der Waals surface area (Å²) in [6.45, 7) is 7.36. The van der Waals surface area contributed by atoms with Crippen LogP contribution in [0.2, 0.25) is 0 Å². The molecule has 1 rings (SSSR count). The normalized spacial score (nSPS) is 12.0. The van der Waals surface area contributed by atoms with Crippen molar-refractivity contribution >= 4 is 5.91 Å². The molecule has 3 N–H and O–H groups in total. The third kappa shape index (κ3) is 7.46. The number of ether oxygens (including phenoxy) is 1. The number of hydrogen-bond acceptors (Lipinski definition) is 3. The van der Waals surface area contributed by atoms with E-state index < -0.39 is 0 Å². The molecular formula is C18H30N2O2. The Morgan fingerprint density at radius 2 is 2.14 bits per heavy atom. The maximum Gasteiger partial charge on any atom is 0.220 e. The molecule has 0 heterocycles. The van der Waals surface area contributed by atoms with Gasteiger partial charge >= 0.3 is 0 Å². The van der Waals surface area contributed by atoms with Crippen LogP contribution in [-0.2, 0) is 11.3 Å². The summed E-state index contributed by atoms with van der Waals surface area (Å²) in [5.74, 6) is 0.915. The van der Waals surface area contributed by atoms with E-state index in [0.717, 1.165) is 29.9 Å². The molecule has 0 bridgehead atoms. The predicted molar refractivity (Wildman–Crippen MR) is 90.9 cm³/mol. The van der Waals surface area contributed by atoms with Gasteiger partial charge in [-0.1, -0.05) is 31.9 Å². The standard InChI is InChI=1S/C18H30N2O2/c1-4-5-6-11-22-17-12-14(2)7-9-16(17)13-20-18(21)10-8-15(3)19/h7,9,12,15H,4-6,8,10-11,13,19H2,1-3H3,(H,20,21). The molecule has 0 saturated heterocycles. The van der Waals surface area contributed by atoms with E-state index in [0.29, 0.717) is 19.4 Å². The maximum atomic E-state index is 11.8. The second kappa shape index (κ2) is 10.2. The molecule has 1 atom stereocenters. The van der Waals surface area contributed by atoms with Crippen LogP contribution in [0.3, 0.4) is 0 Å². The molecule has 22 heavy (non-hydrogen) atoms. The molecule has 0 spiro atoms. The lowest BCUT2D eigenvalue weighted by Gasteiger charge is -2.13. The van der Waals surface area contributed by atoms with Gasteiger partial charge in [0.1, 0.15) is 5.75 Å². The molecule has 1 aromatic carbocycles. The molecule has 0 aliphatic carbocycles. The summed E-state index contributed by atoms with van der Waals surface area (Å²) in [6, 6.07) is 6.16. The first kappa shape index (κ1) is 18.5. The summed E-state index contributed by atoms with van der Waals surface area (Å²) >= 11 is 0. The van der Waals surface area contributed by atoms with Gasteiger partial charge in [0.05, 0.1) is 6.61 Å². The topological polar surface area (TPSA) is 64.3 Å². The van der Waals surface area contributed by atoms with Gasteiger partial charge in [-0.3, -0.25) is 4.79 Å².